The molecule has 4 aromatic rings. The van der Waals surface area contributed by atoms with Gasteiger partial charge in [0.2, 0.25) is 5.91 Å². The van der Waals surface area contributed by atoms with Crippen molar-refractivity contribution in [3.63, 3.8) is 0 Å². The van der Waals surface area contributed by atoms with E-state index in [1.165, 1.54) is 0 Å². The van der Waals surface area contributed by atoms with Crippen molar-refractivity contribution in [3.8, 4) is 11.3 Å². The fraction of sp³-hybridized carbons (Fsp3) is 0.179. The molecule has 0 bridgehead atoms. The summed E-state index contributed by atoms with van der Waals surface area (Å²) in [5, 5.41) is 10.4. The van der Waals surface area contributed by atoms with Gasteiger partial charge in [-0.1, -0.05) is 79.9 Å². The highest BCUT2D eigenvalue weighted by atomic mass is 79.9. The topological polar surface area (TPSA) is 76.0 Å². The number of carbonyl (C=O) groups excluding carboxylic acids is 2. The van der Waals surface area contributed by atoms with E-state index in [-0.39, 0.29) is 11.8 Å². The molecule has 1 aromatic heterocycles. The molecule has 0 aliphatic carbocycles. The molecule has 1 heterocycles. The molecule has 184 valence electrons. The molecular formula is C28H26Br2N4O2. The average Bonchev–Trinajstić information content (AvgIpc) is 3.28. The van der Waals surface area contributed by atoms with Gasteiger partial charge in [0.05, 0.1) is 12.2 Å². The Hall–Kier alpha value is -3.23. The number of carbonyl (C=O) groups is 2. The lowest BCUT2D eigenvalue weighted by atomic mass is 10.0. The molecule has 0 fully saturated rings. The highest BCUT2D eigenvalue weighted by Crippen LogP contribution is 2.22. The van der Waals surface area contributed by atoms with Crippen LogP contribution in [0.3, 0.4) is 0 Å². The van der Waals surface area contributed by atoms with Gasteiger partial charge < -0.3 is 10.6 Å². The van der Waals surface area contributed by atoms with Gasteiger partial charge in [-0.25, -0.2) is 0 Å². The number of nitrogens with one attached hydrogen (secondary N) is 2. The number of hydrogen-bond acceptors (Lipinski definition) is 3. The van der Waals surface area contributed by atoms with Crippen molar-refractivity contribution in [1.82, 2.24) is 20.4 Å². The van der Waals surface area contributed by atoms with Crippen molar-refractivity contribution in [1.29, 1.82) is 0 Å². The molecule has 0 unspecified atom stereocenters. The number of nitrogens with zero attached hydrogens (tertiary/aromatic N) is 2. The summed E-state index contributed by atoms with van der Waals surface area (Å²) in [7, 11) is 1.57. The van der Waals surface area contributed by atoms with Gasteiger partial charge in [-0.3, -0.25) is 14.3 Å². The van der Waals surface area contributed by atoms with E-state index < -0.39 is 6.04 Å². The minimum Gasteiger partial charge on any atom is -0.357 e. The van der Waals surface area contributed by atoms with Crippen LogP contribution < -0.4 is 10.6 Å². The maximum absolute atomic E-state index is 13.5. The third-order valence-corrected chi connectivity index (χ3v) is 6.79. The minimum absolute atomic E-state index is 0.263. The molecule has 3 aromatic carbocycles. The number of hydrogen-bond donors (Lipinski definition) is 2. The molecule has 0 spiro atoms. The molecule has 1 atom stereocenters. The molecule has 4 rings (SSSR count). The summed E-state index contributed by atoms with van der Waals surface area (Å²) >= 11 is 6.93. The zero-order chi connectivity index (χ0) is 25.7. The highest BCUT2D eigenvalue weighted by molar-refractivity contribution is 9.10. The van der Waals surface area contributed by atoms with E-state index in [0.717, 1.165) is 31.2 Å². The van der Waals surface area contributed by atoms with Crippen LogP contribution in [0.5, 0.6) is 0 Å². The summed E-state index contributed by atoms with van der Waals surface area (Å²) in [6.45, 7) is 2.43. The molecule has 2 N–H and O–H groups in total. The predicted molar refractivity (Wildman–Crippen MR) is 149 cm³/mol. The minimum atomic E-state index is -0.741. The monoisotopic (exact) mass is 608 g/mol. The van der Waals surface area contributed by atoms with Crippen LogP contribution in [-0.4, -0.2) is 34.7 Å². The van der Waals surface area contributed by atoms with Crippen LogP contribution in [0.4, 0.5) is 0 Å². The number of aryl methyl sites for hydroxylation is 1. The molecule has 0 saturated heterocycles. The first-order chi connectivity index (χ1) is 17.3. The zero-order valence-corrected chi connectivity index (χ0v) is 23.1. The smallest absolute Gasteiger partial charge is 0.270 e. The number of likely N-dealkylation sites (N-methyl/N-ethyl adjacent to an activating group) is 1. The van der Waals surface area contributed by atoms with Gasteiger partial charge in [0, 0.05) is 28.0 Å². The first kappa shape index (κ1) is 25.9. The lowest BCUT2D eigenvalue weighted by Crippen LogP contribution is -2.47. The summed E-state index contributed by atoms with van der Waals surface area (Å²) in [5.41, 5.74) is 5.05. The lowest BCUT2D eigenvalue weighted by molar-refractivity contribution is -0.122. The van der Waals surface area contributed by atoms with E-state index in [9.17, 15) is 9.59 Å². The van der Waals surface area contributed by atoms with Crippen molar-refractivity contribution in [2.75, 3.05) is 7.05 Å². The van der Waals surface area contributed by atoms with Gasteiger partial charge in [-0.05, 0) is 54.4 Å². The van der Waals surface area contributed by atoms with Crippen LogP contribution in [0, 0.1) is 6.92 Å². The Labute approximate surface area is 227 Å². The molecule has 2 amide bonds. The Morgan fingerprint density at radius 1 is 0.917 bits per heavy atom. The Kier molecular flexibility index (Phi) is 8.38. The van der Waals surface area contributed by atoms with Gasteiger partial charge in [-0.2, -0.15) is 5.10 Å². The van der Waals surface area contributed by atoms with E-state index in [4.69, 9.17) is 5.10 Å². The average molecular weight is 610 g/mol. The van der Waals surface area contributed by atoms with Crippen molar-refractivity contribution in [3.05, 3.63) is 110 Å². The molecule has 8 heteroatoms. The molecule has 0 aliphatic heterocycles. The number of benzene rings is 3. The van der Waals surface area contributed by atoms with E-state index in [1.54, 1.807) is 17.8 Å². The zero-order valence-electron chi connectivity index (χ0n) is 20.0. The maximum atomic E-state index is 13.5. The fourth-order valence-electron chi connectivity index (χ4n) is 3.94. The molecule has 0 saturated carbocycles. The number of halogens is 2. The Bertz CT molecular complexity index is 1380. The van der Waals surface area contributed by atoms with Gasteiger partial charge in [0.1, 0.15) is 11.7 Å². The molecule has 0 aliphatic rings. The van der Waals surface area contributed by atoms with Crippen LogP contribution >= 0.6 is 31.9 Å². The number of rotatable bonds is 8. The Morgan fingerprint density at radius 3 is 2.36 bits per heavy atom. The second-order valence-electron chi connectivity index (χ2n) is 8.54. The van der Waals surface area contributed by atoms with Crippen LogP contribution in [0.2, 0.25) is 0 Å². The van der Waals surface area contributed by atoms with Gasteiger partial charge in [0.15, 0.2) is 0 Å². The van der Waals surface area contributed by atoms with Crippen molar-refractivity contribution < 1.29 is 9.59 Å². The predicted octanol–water partition coefficient (Wildman–Crippen LogP) is 5.52. The summed E-state index contributed by atoms with van der Waals surface area (Å²) in [5.74, 6) is -0.622. The van der Waals surface area contributed by atoms with Crippen LogP contribution in [0.25, 0.3) is 11.3 Å². The fourth-order valence-corrected chi connectivity index (χ4v) is 4.65. The van der Waals surface area contributed by atoms with Gasteiger partial charge >= 0.3 is 0 Å². The quantitative estimate of drug-likeness (QED) is 0.276. The number of aromatic nitrogens is 2. The Morgan fingerprint density at radius 2 is 1.67 bits per heavy atom. The molecular weight excluding hydrogens is 584 g/mol. The second-order valence-corrected chi connectivity index (χ2v) is 10.4. The Balaban J connectivity index is 1.66. The third-order valence-electron chi connectivity index (χ3n) is 5.77. The lowest BCUT2D eigenvalue weighted by Gasteiger charge is -2.18. The van der Waals surface area contributed by atoms with E-state index in [2.05, 4.69) is 42.5 Å². The highest BCUT2D eigenvalue weighted by Gasteiger charge is 2.24. The normalized spacial score (nSPS) is 11.7. The summed E-state index contributed by atoms with van der Waals surface area (Å²) in [6, 6.07) is 24.6. The van der Waals surface area contributed by atoms with Gasteiger partial charge in [0.25, 0.3) is 5.91 Å². The van der Waals surface area contributed by atoms with E-state index >= 15 is 0 Å². The largest absolute Gasteiger partial charge is 0.357 e. The standard InChI is InChI=1S/C28H26Br2N4O2/c1-18-5-3-7-21(13-18)24-16-26(34(33-24)17-19-9-11-22(29)12-10-19)28(36)32-25(27(35)31-2)15-20-6-4-8-23(30)14-20/h3-14,16,25H,15,17H2,1-2H3,(H,31,35)(H,32,36)/t25-/m0/s1. The maximum Gasteiger partial charge on any atom is 0.270 e. The third kappa shape index (κ3) is 6.50. The van der Waals surface area contributed by atoms with E-state index in [0.29, 0.717) is 24.4 Å². The van der Waals surface area contributed by atoms with Crippen molar-refractivity contribution >= 4 is 43.7 Å². The van der Waals surface area contributed by atoms with Crippen LogP contribution in [0.1, 0.15) is 27.2 Å². The van der Waals surface area contributed by atoms with Crippen molar-refractivity contribution in [2.45, 2.75) is 25.9 Å². The summed E-state index contributed by atoms with van der Waals surface area (Å²) in [6.07, 6.45) is 0.358. The van der Waals surface area contributed by atoms with Crippen LogP contribution in [-0.2, 0) is 17.8 Å². The van der Waals surface area contributed by atoms with E-state index in [1.807, 2.05) is 79.7 Å². The number of amides is 2. The van der Waals surface area contributed by atoms with Gasteiger partial charge in [-0.15, -0.1) is 0 Å². The first-order valence-electron chi connectivity index (χ1n) is 11.5. The summed E-state index contributed by atoms with van der Waals surface area (Å²) in [4.78, 5) is 26.2. The SMILES string of the molecule is CNC(=O)[C@H](Cc1cccc(Br)c1)NC(=O)c1cc(-c2cccc(C)c2)nn1Cc1ccc(Br)cc1. The van der Waals surface area contributed by atoms with Crippen molar-refractivity contribution in [2.24, 2.45) is 0 Å². The molecule has 0 radical (unpaired) electrons. The second kappa shape index (κ2) is 11.7. The first-order valence-corrected chi connectivity index (χ1v) is 13.1. The molecule has 36 heavy (non-hydrogen) atoms. The molecule has 6 nitrogen and oxygen atoms in total. The summed E-state index contributed by atoms with van der Waals surface area (Å²) < 4.78 is 3.58. The van der Waals surface area contributed by atoms with Crippen LogP contribution in [0.15, 0.2) is 87.8 Å².